The largest absolute Gasteiger partial charge is 0.147 e. The van der Waals surface area contributed by atoms with Gasteiger partial charge in [-0.2, -0.15) is 0 Å². The predicted molar refractivity (Wildman–Crippen MR) is 71.3 cm³/mol. The first-order valence-electron chi connectivity index (χ1n) is 5.65. The van der Waals surface area contributed by atoms with Crippen molar-refractivity contribution in [2.75, 3.05) is 0 Å². The molecule has 2 rings (SSSR count). The Morgan fingerprint density at radius 2 is 1.69 bits per heavy atom. The van der Waals surface area contributed by atoms with E-state index in [4.69, 9.17) is 0 Å². The number of hydrogen-bond acceptors (Lipinski definition) is 0. The first kappa shape index (κ1) is 16.8. The molecule has 0 N–H and O–H groups in total. The molecule has 1 atom stereocenters. The minimum atomic E-state index is 0. The van der Waals surface area contributed by atoms with Gasteiger partial charge in [0.1, 0.15) is 0 Å². The zero-order chi connectivity index (χ0) is 10.3. The van der Waals surface area contributed by atoms with Gasteiger partial charge < -0.3 is 0 Å². The van der Waals surface area contributed by atoms with E-state index in [1.807, 2.05) is 0 Å². The van der Waals surface area contributed by atoms with Gasteiger partial charge in [-0.25, -0.2) is 0 Å². The normalized spacial score (nSPS) is 24.1. The molecule has 0 nitrogen and oxygen atoms in total. The molecule has 2 aliphatic rings. The molecule has 0 bridgehead atoms. The van der Waals surface area contributed by atoms with Crippen LogP contribution in [-0.4, -0.2) is 0 Å². The summed E-state index contributed by atoms with van der Waals surface area (Å²) in [5.41, 5.74) is 5.44. The van der Waals surface area contributed by atoms with E-state index in [1.54, 1.807) is 16.7 Å². The van der Waals surface area contributed by atoms with E-state index in [0.717, 1.165) is 4.22 Å². The van der Waals surface area contributed by atoms with Crippen LogP contribution in [0.3, 0.4) is 0 Å². The molecule has 0 radical (unpaired) electrons. The molecule has 91 valence electrons. The molecule has 0 spiro atoms. The van der Waals surface area contributed by atoms with Gasteiger partial charge in [0, 0.05) is 0 Å². The van der Waals surface area contributed by atoms with Crippen LogP contribution in [0.15, 0.2) is 22.8 Å². The molecule has 0 aromatic heterocycles. The molecule has 16 heavy (non-hydrogen) atoms. The molecule has 0 fully saturated rings. The maximum absolute atomic E-state index is 2.50. The van der Waals surface area contributed by atoms with Crippen molar-refractivity contribution < 1.29 is 20.4 Å². The van der Waals surface area contributed by atoms with Crippen molar-refractivity contribution in [3.63, 3.8) is 0 Å². The number of rotatable bonds is 0. The predicted octanol–water partition coefficient (Wildman–Crippen LogP) is 5.02. The monoisotopic (exact) mass is 295 g/mol. The summed E-state index contributed by atoms with van der Waals surface area (Å²) in [4.78, 5) is 0. The molecular weight excluding hydrogens is 275 g/mol. The van der Waals surface area contributed by atoms with E-state index >= 15 is 0 Å². The van der Waals surface area contributed by atoms with E-state index < -0.39 is 0 Å². The van der Waals surface area contributed by atoms with Crippen molar-refractivity contribution >= 4 is 24.8 Å². The standard InChI is InChI=1S/C13H19.2ClH.Ti/c1-13(2,3)12-8-10-6-4-5-7-11(10)9-12;;;/h8-9H,4-7H2,1-3H3;2*1H;. The summed E-state index contributed by atoms with van der Waals surface area (Å²) in [6, 6.07) is 0. The molecule has 0 saturated heterocycles. The maximum atomic E-state index is 2.50. The molecule has 3 heteroatoms. The summed E-state index contributed by atoms with van der Waals surface area (Å²) in [6.45, 7) is 7.02. The molecule has 2 aliphatic carbocycles. The summed E-state index contributed by atoms with van der Waals surface area (Å²) in [5.74, 6) is 0. The fourth-order valence-corrected chi connectivity index (χ4v) is 3.88. The van der Waals surface area contributed by atoms with Crippen molar-refractivity contribution in [1.82, 2.24) is 0 Å². The van der Waals surface area contributed by atoms with Gasteiger partial charge in [0.15, 0.2) is 0 Å². The summed E-state index contributed by atoms with van der Waals surface area (Å²) in [5, 5.41) is 0. The average Bonchev–Trinajstić information content (AvgIpc) is 2.44. The van der Waals surface area contributed by atoms with Gasteiger partial charge >= 0.3 is 99.3 Å². The van der Waals surface area contributed by atoms with E-state index in [2.05, 4.69) is 47.3 Å². The minimum Gasteiger partial charge on any atom is -0.147 e. The van der Waals surface area contributed by atoms with Gasteiger partial charge in [-0.05, 0) is 0 Å². The van der Waals surface area contributed by atoms with Crippen LogP contribution in [-0.2, 0) is 20.4 Å². The molecule has 0 saturated carbocycles. The SMILES string of the molecule is CC(C)(C)C1=CC2=C(CCCC2)[CH]1[Ti].Cl.Cl. The van der Waals surface area contributed by atoms with Gasteiger partial charge in [0.05, 0.1) is 0 Å². The third kappa shape index (κ3) is 3.16. The van der Waals surface area contributed by atoms with Gasteiger partial charge in [-0.15, -0.1) is 24.8 Å². The first-order chi connectivity index (χ1) is 6.50. The number of halogens is 2. The Morgan fingerprint density at radius 3 is 2.19 bits per heavy atom. The van der Waals surface area contributed by atoms with Crippen LogP contribution >= 0.6 is 24.8 Å². The Morgan fingerprint density at radius 1 is 1.12 bits per heavy atom. The first-order valence-corrected chi connectivity index (χ1v) is 6.55. The molecule has 0 aromatic carbocycles. The maximum Gasteiger partial charge on any atom is -0.147 e. The van der Waals surface area contributed by atoms with Crippen molar-refractivity contribution in [3.05, 3.63) is 22.8 Å². The van der Waals surface area contributed by atoms with Gasteiger partial charge in [0.2, 0.25) is 0 Å². The third-order valence-electron chi connectivity index (χ3n) is 3.41. The summed E-state index contributed by atoms with van der Waals surface area (Å²) in [7, 11) is 0. The molecular formula is C13H21Cl2Ti. The smallest absolute Gasteiger partial charge is 0.147 e. The van der Waals surface area contributed by atoms with Crippen molar-refractivity contribution in [1.29, 1.82) is 0 Å². The molecule has 0 aromatic rings. The topological polar surface area (TPSA) is 0 Å². The van der Waals surface area contributed by atoms with Crippen LogP contribution in [0.25, 0.3) is 0 Å². The van der Waals surface area contributed by atoms with Crippen LogP contribution in [0.2, 0.25) is 4.22 Å². The van der Waals surface area contributed by atoms with Gasteiger partial charge in [-0.3, -0.25) is 0 Å². The number of hydrogen-bond donors (Lipinski definition) is 0. The molecule has 0 amide bonds. The Kier molecular flexibility index (Phi) is 6.39. The Labute approximate surface area is 124 Å². The van der Waals surface area contributed by atoms with Crippen molar-refractivity contribution in [3.8, 4) is 0 Å². The van der Waals surface area contributed by atoms with Gasteiger partial charge in [-0.1, -0.05) is 0 Å². The summed E-state index contributed by atoms with van der Waals surface area (Å²) < 4.78 is 0.727. The van der Waals surface area contributed by atoms with E-state index in [1.165, 1.54) is 25.7 Å². The quantitative estimate of drug-likeness (QED) is 0.550. The van der Waals surface area contributed by atoms with E-state index in [9.17, 15) is 0 Å². The van der Waals surface area contributed by atoms with Crippen molar-refractivity contribution in [2.45, 2.75) is 50.7 Å². The van der Waals surface area contributed by atoms with Crippen LogP contribution < -0.4 is 0 Å². The molecule has 0 heterocycles. The second-order valence-electron chi connectivity index (χ2n) is 5.54. The Balaban J connectivity index is 0.00000112. The average molecular weight is 296 g/mol. The zero-order valence-electron chi connectivity index (χ0n) is 10.3. The second kappa shape index (κ2) is 6.09. The van der Waals surface area contributed by atoms with Crippen molar-refractivity contribution in [2.24, 2.45) is 5.41 Å². The van der Waals surface area contributed by atoms with E-state index in [0.29, 0.717) is 5.41 Å². The molecule has 0 aliphatic heterocycles. The summed E-state index contributed by atoms with van der Waals surface area (Å²) in [6.07, 6.45) is 8.00. The van der Waals surface area contributed by atoms with Crippen LogP contribution in [0.5, 0.6) is 0 Å². The van der Waals surface area contributed by atoms with E-state index in [-0.39, 0.29) is 24.8 Å². The molecule has 1 unspecified atom stereocenters. The fourth-order valence-electron chi connectivity index (χ4n) is 2.55. The van der Waals surface area contributed by atoms with Crippen LogP contribution in [0.4, 0.5) is 0 Å². The summed E-state index contributed by atoms with van der Waals surface area (Å²) >= 11 is 2.39. The minimum absolute atomic E-state index is 0. The van der Waals surface area contributed by atoms with Crippen LogP contribution in [0.1, 0.15) is 46.5 Å². The fraction of sp³-hybridized carbons (Fsp3) is 0.692. The van der Waals surface area contributed by atoms with Crippen LogP contribution in [0, 0.1) is 5.41 Å². The number of allylic oxidation sites excluding steroid dienone is 4. The van der Waals surface area contributed by atoms with Gasteiger partial charge in [0.25, 0.3) is 0 Å². The third-order valence-corrected chi connectivity index (χ3v) is 4.44. The Hall–Kier alpha value is 0.774. The zero-order valence-corrected chi connectivity index (χ0v) is 13.5. The second-order valence-corrected chi connectivity index (χ2v) is 6.44. The Bertz CT molecular complexity index is 310.